The molecule has 3 aromatic rings. The summed E-state index contributed by atoms with van der Waals surface area (Å²) in [7, 11) is 1.71. The molecule has 22 heavy (non-hydrogen) atoms. The summed E-state index contributed by atoms with van der Waals surface area (Å²) in [6.07, 6.45) is 4.10. The molecule has 0 unspecified atom stereocenters. The van der Waals surface area contributed by atoms with Crippen molar-refractivity contribution in [2.75, 3.05) is 7.05 Å². The van der Waals surface area contributed by atoms with E-state index in [9.17, 15) is 0 Å². The lowest BCUT2D eigenvalue weighted by Gasteiger charge is -2.13. The van der Waals surface area contributed by atoms with Gasteiger partial charge < -0.3 is 10.7 Å². The van der Waals surface area contributed by atoms with Gasteiger partial charge in [-0.2, -0.15) is 0 Å². The van der Waals surface area contributed by atoms with Gasteiger partial charge in [-0.1, -0.05) is 30.3 Å². The van der Waals surface area contributed by atoms with Crippen molar-refractivity contribution in [2.24, 2.45) is 10.7 Å². The van der Waals surface area contributed by atoms with E-state index in [0.29, 0.717) is 5.84 Å². The van der Waals surface area contributed by atoms with Crippen LogP contribution in [0.5, 0.6) is 0 Å². The minimum Gasteiger partial charge on any atom is -0.383 e. The molecule has 0 bridgehead atoms. The Labute approximate surface area is 129 Å². The molecular weight excluding hydrogens is 272 g/mol. The van der Waals surface area contributed by atoms with Crippen molar-refractivity contribution in [1.82, 2.24) is 9.97 Å². The van der Waals surface area contributed by atoms with Crippen molar-refractivity contribution < 1.29 is 0 Å². The van der Waals surface area contributed by atoms with Crippen LogP contribution in [0, 0.1) is 0 Å². The zero-order chi connectivity index (χ0) is 15.2. The Kier molecular flexibility index (Phi) is 2.79. The van der Waals surface area contributed by atoms with Gasteiger partial charge in [0, 0.05) is 35.3 Å². The topological polar surface area (TPSA) is 67.1 Å². The molecule has 0 saturated heterocycles. The molecule has 2 heterocycles. The molecular formula is C18H18N4. The van der Waals surface area contributed by atoms with Crippen molar-refractivity contribution in [3.63, 3.8) is 0 Å². The lowest BCUT2D eigenvalue weighted by atomic mass is 9.92. The molecule has 1 fully saturated rings. The lowest BCUT2D eigenvalue weighted by molar-refractivity contribution is 0.815. The second-order valence-electron chi connectivity index (χ2n) is 5.86. The molecule has 2 aromatic heterocycles. The molecule has 4 nitrogen and oxygen atoms in total. The van der Waals surface area contributed by atoms with E-state index in [1.807, 2.05) is 6.07 Å². The summed E-state index contributed by atoms with van der Waals surface area (Å²) in [5.74, 6) is 0.544. The number of aromatic nitrogens is 2. The maximum Gasteiger partial charge on any atom is 0.138 e. The molecule has 1 saturated carbocycles. The van der Waals surface area contributed by atoms with Crippen LogP contribution in [-0.4, -0.2) is 22.9 Å². The molecule has 0 radical (unpaired) electrons. The van der Waals surface area contributed by atoms with E-state index < -0.39 is 0 Å². The predicted molar refractivity (Wildman–Crippen MR) is 89.2 cm³/mol. The number of benzene rings is 1. The monoisotopic (exact) mass is 290 g/mol. The summed E-state index contributed by atoms with van der Waals surface area (Å²) in [5, 5.41) is 1.04. The molecule has 1 aromatic carbocycles. The first-order valence-corrected chi connectivity index (χ1v) is 7.51. The van der Waals surface area contributed by atoms with E-state index in [2.05, 4.69) is 51.4 Å². The smallest absolute Gasteiger partial charge is 0.138 e. The highest BCUT2D eigenvalue weighted by molar-refractivity contribution is 6.07. The fraction of sp³-hybridized carbons (Fsp3) is 0.222. The van der Waals surface area contributed by atoms with Gasteiger partial charge >= 0.3 is 0 Å². The molecule has 3 N–H and O–H groups in total. The second-order valence-corrected chi connectivity index (χ2v) is 5.86. The summed E-state index contributed by atoms with van der Waals surface area (Å²) in [6.45, 7) is 0. The molecule has 1 aliphatic carbocycles. The number of pyridine rings is 1. The van der Waals surface area contributed by atoms with Gasteiger partial charge in [-0.15, -0.1) is 0 Å². The van der Waals surface area contributed by atoms with E-state index in [1.54, 1.807) is 13.2 Å². The number of nitrogens with zero attached hydrogens (tertiary/aromatic N) is 2. The highest BCUT2D eigenvalue weighted by Gasteiger charge is 2.47. The van der Waals surface area contributed by atoms with E-state index in [0.717, 1.165) is 29.4 Å². The van der Waals surface area contributed by atoms with Gasteiger partial charge in [0.2, 0.25) is 0 Å². The van der Waals surface area contributed by atoms with Crippen molar-refractivity contribution in [1.29, 1.82) is 0 Å². The SMILES string of the molecule is CN=C(N)c1ccnc2[nH]c(C3(c4ccccc4)CC3)cc12. The maximum absolute atomic E-state index is 6.01. The Balaban J connectivity index is 1.88. The standard InChI is InChI=1S/C18H18N4/c1-20-16(19)13-7-10-21-17-14(13)11-15(22-17)18(8-9-18)12-5-3-2-4-6-12/h2-7,10-11H,8-9H2,1H3,(H2,19,20)(H,21,22). The van der Waals surface area contributed by atoms with E-state index in [-0.39, 0.29) is 5.41 Å². The van der Waals surface area contributed by atoms with Gasteiger partial charge in [0.25, 0.3) is 0 Å². The number of aromatic amines is 1. The van der Waals surface area contributed by atoms with Gasteiger partial charge in [-0.3, -0.25) is 4.99 Å². The van der Waals surface area contributed by atoms with Gasteiger partial charge in [-0.25, -0.2) is 4.98 Å². The Morgan fingerprint density at radius 3 is 2.68 bits per heavy atom. The molecule has 0 spiro atoms. The first kappa shape index (κ1) is 13.1. The van der Waals surface area contributed by atoms with Crippen LogP contribution in [0.4, 0.5) is 0 Å². The Bertz CT molecular complexity index is 857. The van der Waals surface area contributed by atoms with E-state index in [4.69, 9.17) is 5.73 Å². The van der Waals surface area contributed by atoms with Crippen LogP contribution < -0.4 is 5.73 Å². The summed E-state index contributed by atoms with van der Waals surface area (Å²) < 4.78 is 0. The lowest BCUT2D eigenvalue weighted by Crippen LogP contribution is -2.13. The number of fused-ring (bicyclic) bond motifs is 1. The summed E-state index contributed by atoms with van der Waals surface area (Å²) >= 11 is 0. The largest absolute Gasteiger partial charge is 0.383 e. The molecule has 4 heteroatoms. The first-order valence-electron chi connectivity index (χ1n) is 7.51. The molecule has 110 valence electrons. The zero-order valence-corrected chi connectivity index (χ0v) is 12.5. The average Bonchev–Trinajstić information content (AvgIpc) is 3.27. The van der Waals surface area contributed by atoms with Crippen LogP contribution in [0.1, 0.15) is 29.7 Å². The van der Waals surface area contributed by atoms with Gasteiger partial charge in [0.05, 0.1) is 0 Å². The fourth-order valence-corrected chi connectivity index (χ4v) is 3.22. The Morgan fingerprint density at radius 1 is 1.23 bits per heavy atom. The van der Waals surface area contributed by atoms with E-state index in [1.165, 1.54) is 11.3 Å². The number of nitrogens with two attached hydrogens (primary N) is 1. The van der Waals surface area contributed by atoms with Crippen molar-refractivity contribution in [3.05, 3.63) is 65.5 Å². The van der Waals surface area contributed by atoms with E-state index >= 15 is 0 Å². The normalized spacial score (nSPS) is 16.9. The fourth-order valence-electron chi connectivity index (χ4n) is 3.22. The molecule has 0 atom stereocenters. The van der Waals surface area contributed by atoms with Gasteiger partial charge in [-0.05, 0) is 30.5 Å². The molecule has 1 aliphatic rings. The molecule has 0 amide bonds. The number of amidine groups is 1. The number of hydrogen-bond donors (Lipinski definition) is 2. The summed E-state index contributed by atoms with van der Waals surface area (Å²) in [4.78, 5) is 12.0. The van der Waals surface area contributed by atoms with Crippen LogP contribution >= 0.6 is 0 Å². The van der Waals surface area contributed by atoms with Crippen LogP contribution in [0.15, 0.2) is 53.7 Å². The zero-order valence-electron chi connectivity index (χ0n) is 12.5. The minimum absolute atomic E-state index is 0.108. The van der Waals surface area contributed by atoms with Crippen molar-refractivity contribution >= 4 is 16.9 Å². The predicted octanol–water partition coefficient (Wildman–Crippen LogP) is 2.98. The Hall–Kier alpha value is -2.62. The second kappa shape index (κ2) is 4.70. The number of H-pyrrole nitrogens is 1. The third-order valence-corrected chi connectivity index (χ3v) is 4.64. The average molecular weight is 290 g/mol. The van der Waals surface area contributed by atoms with Crippen LogP contribution in [-0.2, 0) is 5.41 Å². The minimum atomic E-state index is 0.108. The highest BCUT2D eigenvalue weighted by atomic mass is 14.9. The summed E-state index contributed by atoms with van der Waals surface area (Å²) in [6, 6.07) is 14.8. The van der Waals surface area contributed by atoms with Gasteiger partial charge in [0.15, 0.2) is 0 Å². The highest BCUT2D eigenvalue weighted by Crippen LogP contribution is 2.53. The molecule has 0 aliphatic heterocycles. The van der Waals surface area contributed by atoms with Crippen LogP contribution in [0.2, 0.25) is 0 Å². The number of nitrogens with one attached hydrogen (secondary N) is 1. The quantitative estimate of drug-likeness (QED) is 0.575. The number of rotatable bonds is 3. The third-order valence-electron chi connectivity index (χ3n) is 4.64. The van der Waals surface area contributed by atoms with Crippen molar-refractivity contribution in [3.8, 4) is 0 Å². The summed E-state index contributed by atoms with van der Waals surface area (Å²) in [5.41, 5.74) is 10.5. The Morgan fingerprint density at radius 2 is 2.00 bits per heavy atom. The first-order chi connectivity index (χ1) is 10.7. The van der Waals surface area contributed by atoms with Crippen LogP contribution in [0.25, 0.3) is 11.0 Å². The molecule has 4 rings (SSSR count). The number of aliphatic imine (C=N–C) groups is 1. The van der Waals surface area contributed by atoms with Gasteiger partial charge in [0.1, 0.15) is 11.5 Å². The number of hydrogen-bond acceptors (Lipinski definition) is 2. The van der Waals surface area contributed by atoms with Crippen molar-refractivity contribution in [2.45, 2.75) is 18.3 Å². The van der Waals surface area contributed by atoms with Crippen LogP contribution in [0.3, 0.4) is 0 Å². The third kappa shape index (κ3) is 1.84. The maximum atomic E-state index is 6.01.